The van der Waals surface area contributed by atoms with Crippen LogP contribution in [0.25, 0.3) is 11.0 Å². The van der Waals surface area contributed by atoms with Gasteiger partial charge in [-0.05, 0) is 24.1 Å². The Bertz CT molecular complexity index is 526. The van der Waals surface area contributed by atoms with E-state index in [1.807, 2.05) is 13.4 Å². The molecule has 1 aromatic carbocycles. The first-order valence-corrected chi connectivity index (χ1v) is 6.66. The number of benzene rings is 1. The lowest BCUT2D eigenvalue weighted by Gasteiger charge is -2.27. The van der Waals surface area contributed by atoms with Crippen molar-refractivity contribution < 1.29 is 0 Å². The molecule has 4 nitrogen and oxygen atoms in total. The van der Waals surface area contributed by atoms with Gasteiger partial charge < -0.3 is 14.8 Å². The third kappa shape index (κ3) is 2.40. The summed E-state index contributed by atoms with van der Waals surface area (Å²) in [6.45, 7) is 5.75. The molecule has 4 heteroatoms. The zero-order valence-corrected chi connectivity index (χ0v) is 10.9. The topological polar surface area (TPSA) is 33.1 Å². The van der Waals surface area contributed by atoms with Gasteiger partial charge in [0.2, 0.25) is 0 Å². The lowest BCUT2D eigenvalue weighted by Crippen LogP contribution is -2.44. The molecule has 96 valence electrons. The summed E-state index contributed by atoms with van der Waals surface area (Å²) in [5, 5.41) is 3.39. The highest BCUT2D eigenvalue weighted by Gasteiger charge is 2.09. The highest BCUT2D eigenvalue weighted by Crippen LogP contribution is 2.14. The van der Waals surface area contributed by atoms with Crippen molar-refractivity contribution in [3.05, 3.63) is 30.1 Å². The van der Waals surface area contributed by atoms with Gasteiger partial charge in [-0.25, -0.2) is 4.98 Å². The number of hydrogen-bond donors (Lipinski definition) is 1. The van der Waals surface area contributed by atoms with Crippen molar-refractivity contribution in [2.75, 3.05) is 32.7 Å². The van der Waals surface area contributed by atoms with Crippen LogP contribution >= 0.6 is 0 Å². The minimum Gasteiger partial charge on any atom is -0.334 e. The summed E-state index contributed by atoms with van der Waals surface area (Å²) < 4.78 is 2.06. The Morgan fingerprint density at radius 3 is 2.94 bits per heavy atom. The number of imidazole rings is 1. The second-order valence-electron chi connectivity index (χ2n) is 5.02. The van der Waals surface area contributed by atoms with Gasteiger partial charge in [0.15, 0.2) is 0 Å². The fourth-order valence-electron chi connectivity index (χ4n) is 2.56. The van der Waals surface area contributed by atoms with Crippen molar-refractivity contribution in [3.63, 3.8) is 0 Å². The molecular weight excluding hydrogens is 224 g/mol. The molecule has 1 fully saturated rings. The van der Waals surface area contributed by atoms with Crippen LogP contribution < -0.4 is 5.32 Å². The molecule has 1 N–H and O–H groups in total. The maximum Gasteiger partial charge on any atom is 0.0955 e. The Morgan fingerprint density at radius 1 is 1.28 bits per heavy atom. The van der Waals surface area contributed by atoms with E-state index in [4.69, 9.17) is 0 Å². The van der Waals surface area contributed by atoms with Crippen LogP contribution in [0.15, 0.2) is 24.5 Å². The number of fused-ring (bicyclic) bond motifs is 1. The summed E-state index contributed by atoms with van der Waals surface area (Å²) in [5.41, 5.74) is 3.70. The van der Waals surface area contributed by atoms with Crippen LogP contribution in [0.5, 0.6) is 0 Å². The molecule has 0 atom stereocenters. The van der Waals surface area contributed by atoms with E-state index in [2.05, 4.69) is 38.0 Å². The van der Waals surface area contributed by atoms with Gasteiger partial charge in [0, 0.05) is 39.8 Å². The minimum atomic E-state index is 1.11. The normalized spacial score (nSPS) is 17.4. The predicted molar refractivity (Wildman–Crippen MR) is 73.7 cm³/mol. The zero-order chi connectivity index (χ0) is 12.4. The molecule has 0 radical (unpaired) electrons. The number of nitrogens with one attached hydrogen (secondary N) is 1. The molecule has 0 bridgehead atoms. The Kier molecular flexibility index (Phi) is 3.30. The molecule has 1 aromatic heterocycles. The Hall–Kier alpha value is -1.39. The van der Waals surface area contributed by atoms with Crippen molar-refractivity contribution in [2.45, 2.75) is 6.42 Å². The van der Waals surface area contributed by atoms with Crippen LogP contribution in [-0.2, 0) is 13.5 Å². The molecule has 1 saturated heterocycles. The van der Waals surface area contributed by atoms with Crippen molar-refractivity contribution in [3.8, 4) is 0 Å². The van der Waals surface area contributed by atoms with Gasteiger partial charge >= 0.3 is 0 Å². The molecule has 0 saturated carbocycles. The van der Waals surface area contributed by atoms with Gasteiger partial charge in [-0.15, -0.1) is 0 Å². The maximum absolute atomic E-state index is 4.41. The summed E-state index contributed by atoms with van der Waals surface area (Å²) in [4.78, 5) is 6.94. The highest BCUT2D eigenvalue weighted by atomic mass is 15.2. The molecule has 2 heterocycles. The van der Waals surface area contributed by atoms with Gasteiger partial charge in [0.1, 0.15) is 0 Å². The molecular formula is C14H20N4. The van der Waals surface area contributed by atoms with Gasteiger partial charge in [-0.3, -0.25) is 0 Å². The zero-order valence-electron chi connectivity index (χ0n) is 10.9. The number of hydrogen-bond acceptors (Lipinski definition) is 3. The Balaban J connectivity index is 1.66. The summed E-state index contributed by atoms with van der Waals surface area (Å²) in [5.74, 6) is 0. The lowest BCUT2D eigenvalue weighted by atomic mass is 10.1. The second kappa shape index (κ2) is 5.08. The number of aryl methyl sites for hydroxylation is 1. The van der Waals surface area contributed by atoms with Crippen LogP contribution in [0, 0.1) is 0 Å². The smallest absolute Gasteiger partial charge is 0.0955 e. The molecule has 1 aliphatic rings. The molecule has 0 spiro atoms. The average Bonchev–Trinajstić information content (AvgIpc) is 2.79. The van der Waals surface area contributed by atoms with Crippen molar-refractivity contribution in [1.82, 2.24) is 19.8 Å². The second-order valence-corrected chi connectivity index (χ2v) is 5.02. The third-order valence-corrected chi connectivity index (χ3v) is 3.72. The number of rotatable bonds is 3. The van der Waals surface area contributed by atoms with E-state index in [1.54, 1.807) is 0 Å². The largest absolute Gasteiger partial charge is 0.334 e. The van der Waals surface area contributed by atoms with Crippen LogP contribution in [0.4, 0.5) is 0 Å². The number of piperazine rings is 1. The maximum atomic E-state index is 4.41. The van der Waals surface area contributed by atoms with E-state index in [0.717, 1.165) is 31.6 Å². The van der Waals surface area contributed by atoms with E-state index < -0.39 is 0 Å². The summed E-state index contributed by atoms with van der Waals surface area (Å²) in [7, 11) is 2.04. The first-order chi connectivity index (χ1) is 8.83. The standard InChI is InChI=1S/C14H20N4/c1-17-11-16-13-10-12(2-3-14(13)17)4-7-18-8-5-15-6-9-18/h2-3,10-11,15H,4-9H2,1H3. The number of nitrogens with zero attached hydrogens (tertiary/aromatic N) is 3. The van der Waals surface area contributed by atoms with Gasteiger partial charge in [0.05, 0.1) is 17.4 Å². The molecule has 18 heavy (non-hydrogen) atoms. The predicted octanol–water partition coefficient (Wildman–Crippen LogP) is 1.02. The molecule has 0 amide bonds. The molecule has 0 unspecified atom stereocenters. The molecule has 2 aromatic rings. The number of aromatic nitrogens is 2. The Morgan fingerprint density at radius 2 is 2.11 bits per heavy atom. The fraction of sp³-hybridized carbons (Fsp3) is 0.500. The van der Waals surface area contributed by atoms with Crippen LogP contribution in [0.1, 0.15) is 5.56 Å². The van der Waals surface area contributed by atoms with Crippen LogP contribution in [0.2, 0.25) is 0 Å². The summed E-state index contributed by atoms with van der Waals surface area (Å²) in [6, 6.07) is 6.62. The summed E-state index contributed by atoms with van der Waals surface area (Å²) in [6.07, 6.45) is 3.00. The van der Waals surface area contributed by atoms with Crippen molar-refractivity contribution >= 4 is 11.0 Å². The van der Waals surface area contributed by atoms with E-state index in [1.165, 1.54) is 24.2 Å². The van der Waals surface area contributed by atoms with E-state index in [-0.39, 0.29) is 0 Å². The SMILES string of the molecule is Cn1cnc2cc(CCN3CCNCC3)ccc21. The quantitative estimate of drug-likeness (QED) is 0.875. The van der Waals surface area contributed by atoms with E-state index in [0.29, 0.717) is 0 Å². The van der Waals surface area contributed by atoms with E-state index in [9.17, 15) is 0 Å². The Labute approximate surface area is 108 Å². The van der Waals surface area contributed by atoms with Crippen LogP contribution in [-0.4, -0.2) is 47.2 Å². The van der Waals surface area contributed by atoms with Gasteiger partial charge in [-0.2, -0.15) is 0 Å². The van der Waals surface area contributed by atoms with E-state index >= 15 is 0 Å². The van der Waals surface area contributed by atoms with Crippen molar-refractivity contribution in [1.29, 1.82) is 0 Å². The molecule has 0 aliphatic carbocycles. The molecule has 1 aliphatic heterocycles. The first kappa shape index (κ1) is 11.7. The fourth-order valence-corrected chi connectivity index (χ4v) is 2.56. The highest BCUT2D eigenvalue weighted by molar-refractivity contribution is 5.75. The van der Waals surface area contributed by atoms with Crippen LogP contribution in [0.3, 0.4) is 0 Å². The third-order valence-electron chi connectivity index (χ3n) is 3.72. The van der Waals surface area contributed by atoms with Gasteiger partial charge in [0.25, 0.3) is 0 Å². The van der Waals surface area contributed by atoms with Crippen molar-refractivity contribution in [2.24, 2.45) is 7.05 Å². The lowest BCUT2D eigenvalue weighted by molar-refractivity contribution is 0.244. The monoisotopic (exact) mass is 244 g/mol. The minimum absolute atomic E-state index is 1.11. The first-order valence-electron chi connectivity index (χ1n) is 6.66. The molecule has 3 rings (SSSR count). The summed E-state index contributed by atoms with van der Waals surface area (Å²) >= 11 is 0. The van der Waals surface area contributed by atoms with Gasteiger partial charge in [-0.1, -0.05) is 6.07 Å². The average molecular weight is 244 g/mol.